The van der Waals surface area contributed by atoms with Crippen LogP contribution in [0.15, 0.2) is 17.3 Å². The van der Waals surface area contributed by atoms with Crippen LogP contribution in [-0.4, -0.2) is 59.8 Å². The molecule has 106 valence electrons. The molecule has 1 saturated heterocycles. The quantitative estimate of drug-likeness (QED) is 0.825. The second kappa shape index (κ2) is 5.40. The van der Waals surface area contributed by atoms with Crippen molar-refractivity contribution in [1.82, 2.24) is 19.2 Å². The van der Waals surface area contributed by atoms with E-state index in [1.54, 1.807) is 0 Å². The van der Waals surface area contributed by atoms with E-state index in [1.165, 1.54) is 16.7 Å². The Hall–Kier alpha value is -1.25. The predicted molar refractivity (Wildman–Crippen MR) is 71.9 cm³/mol. The molecule has 1 fully saturated rings. The van der Waals surface area contributed by atoms with Gasteiger partial charge in [0.25, 0.3) is 0 Å². The lowest BCUT2D eigenvalue weighted by atomic mass is 10.3. The van der Waals surface area contributed by atoms with Crippen molar-refractivity contribution in [3.8, 4) is 0 Å². The summed E-state index contributed by atoms with van der Waals surface area (Å²) in [5, 5.41) is 0. The van der Waals surface area contributed by atoms with Crippen LogP contribution in [0.3, 0.4) is 0 Å². The molecule has 0 unspecified atom stereocenters. The molecule has 2 rings (SSSR count). The lowest BCUT2D eigenvalue weighted by Crippen LogP contribution is -2.50. The summed E-state index contributed by atoms with van der Waals surface area (Å²) in [7, 11) is -3.50. The Kier molecular flexibility index (Phi) is 4.02. The van der Waals surface area contributed by atoms with Gasteiger partial charge in [-0.15, -0.1) is 0 Å². The topological polar surface area (TPSA) is 92.4 Å². The van der Waals surface area contributed by atoms with E-state index in [4.69, 9.17) is 5.73 Å². The maximum atomic E-state index is 12.4. The first kappa shape index (κ1) is 14.2. The van der Waals surface area contributed by atoms with Crippen LogP contribution in [0.4, 0.5) is 5.95 Å². The maximum absolute atomic E-state index is 12.4. The van der Waals surface area contributed by atoms with Crippen molar-refractivity contribution in [2.24, 2.45) is 0 Å². The monoisotopic (exact) mass is 285 g/mol. The number of nitrogens with zero attached hydrogens (tertiary/aromatic N) is 4. The number of sulfonamides is 1. The molecule has 1 aromatic rings. The minimum absolute atomic E-state index is 0.0728. The molecule has 0 atom stereocenters. The molecule has 1 aromatic heterocycles. The Morgan fingerprint density at radius 1 is 1.16 bits per heavy atom. The fraction of sp³-hybridized carbons (Fsp3) is 0.636. The van der Waals surface area contributed by atoms with Gasteiger partial charge < -0.3 is 5.73 Å². The summed E-state index contributed by atoms with van der Waals surface area (Å²) in [4.78, 5) is 9.82. The van der Waals surface area contributed by atoms with Gasteiger partial charge in [-0.3, -0.25) is 4.90 Å². The first-order valence-electron chi connectivity index (χ1n) is 6.23. The van der Waals surface area contributed by atoms with E-state index in [9.17, 15) is 8.42 Å². The van der Waals surface area contributed by atoms with E-state index in [1.807, 2.05) is 0 Å². The Labute approximate surface area is 113 Å². The summed E-state index contributed by atoms with van der Waals surface area (Å²) in [6.45, 7) is 6.69. The number of hydrogen-bond acceptors (Lipinski definition) is 6. The molecule has 0 bridgehead atoms. The van der Waals surface area contributed by atoms with Gasteiger partial charge in [0.1, 0.15) is 4.90 Å². The molecule has 0 aromatic carbocycles. The van der Waals surface area contributed by atoms with E-state index in [-0.39, 0.29) is 10.8 Å². The van der Waals surface area contributed by atoms with Crippen LogP contribution >= 0.6 is 0 Å². The molecular formula is C11H19N5O2S. The highest BCUT2D eigenvalue weighted by Crippen LogP contribution is 2.17. The van der Waals surface area contributed by atoms with Gasteiger partial charge in [0.15, 0.2) is 0 Å². The summed E-state index contributed by atoms with van der Waals surface area (Å²) in [5.41, 5.74) is 5.36. The first-order valence-corrected chi connectivity index (χ1v) is 7.67. The van der Waals surface area contributed by atoms with Crippen LogP contribution in [0.2, 0.25) is 0 Å². The number of nitrogen functional groups attached to an aromatic ring is 1. The summed E-state index contributed by atoms with van der Waals surface area (Å²) in [6, 6.07) is 0.435. The summed E-state index contributed by atoms with van der Waals surface area (Å²) in [6.07, 6.45) is 2.51. The third-order valence-corrected chi connectivity index (χ3v) is 5.14. The lowest BCUT2D eigenvalue weighted by Gasteiger charge is -2.36. The normalized spacial score (nSPS) is 18.9. The van der Waals surface area contributed by atoms with Gasteiger partial charge in [0.05, 0.1) is 12.4 Å². The van der Waals surface area contributed by atoms with Crippen molar-refractivity contribution in [2.45, 2.75) is 24.8 Å². The van der Waals surface area contributed by atoms with Gasteiger partial charge in [-0.05, 0) is 13.8 Å². The fourth-order valence-electron chi connectivity index (χ4n) is 2.07. The zero-order valence-corrected chi connectivity index (χ0v) is 12.0. The molecule has 7 nitrogen and oxygen atoms in total. The molecule has 0 aliphatic carbocycles. The van der Waals surface area contributed by atoms with Crippen molar-refractivity contribution in [3.05, 3.63) is 12.4 Å². The molecule has 8 heteroatoms. The molecule has 2 heterocycles. The number of hydrogen-bond donors (Lipinski definition) is 1. The minimum Gasteiger partial charge on any atom is -0.368 e. The van der Waals surface area contributed by atoms with Crippen molar-refractivity contribution >= 4 is 16.0 Å². The Morgan fingerprint density at radius 2 is 1.68 bits per heavy atom. The number of anilines is 1. The standard InChI is InChI=1S/C11H19N5O2S/c1-9(2)15-3-5-16(6-4-15)19(17,18)10-7-13-11(12)14-8-10/h7-9H,3-6H2,1-2H3,(H2,12,13,14). The van der Waals surface area contributed by atoms with E-state index >= 15 is 0 Å². The van der Waals surface area contributed by atoms with Crippen molar-refractivity contribution in [2.75, 3.05) is 31.9 Å². The van der Waals surface area contributed by atoms with Crippen LogP contribution in [0.5, 0.6) is 0 Å². The van der Waals surface area contributed by atoms with Gasteiger partial charge in [-0.2, -0.15) is 4.31 Å². The average Bonchev–Trinajstić information content (AvgIpc) is 2.39. The number of nitrogens with two attached hydrogens (primary N) is 1. The molecule has 0 saturated carbocycles. The van der Waals surface area contributed by atoms with E-state index in [0.29, 0.717) is 19.1 Å². The number of rotatable bonds is 3. The van der Waals surface area contributed by atoms with E-state index in [2.05, 4.69) is 28.7 Å². The highest BCUT2D eigenvalue weighted by Gasteiger charge is 2.29. The number of aromatic nitrogens is 2. The second-order valence-electron chi connectivity index (χ2n) is 4.81. The van der Waals surface area contributed by atoms with Crippen molar-refractivity contribution in [1.29, 1.82) is 0 Å². The third kappa shape index (κ3) is 3.02. The van der Waals surface area contributed by atoms with Crippen LogP contribution < -0.4 is 5.73 Å². The van der Waals surface area contributed by atoms with Gasteiger partial charge in [0, 0.05) is 32.2 Å². The Balaban J connectivity index is 2.12. The number of piperazine rings is 1. The van der Waals surface area contributed by atoms with Crippen molar-refractivity contribution in [3.63, 3.8) is 0 Å². The van der Waals surface area contributed by atoms with Crippen LogP contribution in [-0.2, 0) is 10.0 Å². The SMILES string of the molecule is CC(C)N1CCN(S(=O)(=O)c2cnc(N)nc2)CC1. The zero-order chi connectivity index (χ0) is 14.0. The second-order valence-corrected chi connectivity index (χ2v) is 6.75. The molecule has 2 N–H and O–H groups in total. The summed E-state index contributed by atoms with van der Waals surface area (Å²) >= 11 is 0. The summed E-state index contributed by atoms with van der Waals surface area (Å²) in [5.74, 6) is 0.0728. The molecular weight excluding hydrogens is 266 g/mol. The molecule has 19 heavy (non-hydrogen) atoms. The molecule has 0 radical (unpaired) electrons. The molecule has 0 spiro atoms. The molecule has 1 aliphatic rings. The van der Waals surface area contributed by atoms with E-state index < -0.39 is 10.0 Å². The van der Waals surface area contributed by atoms with Gasteiger partial charge in [0.2, 0.25) is 16.0 Å². The zero-order valence-electron chi connectivity index (χ0n) is 11.2. The maximum Gasteiger partial charge on any atom is 0.246 e. The van der Waals surface area contributed by atoms with Crippen LogP contribution in [0.1, 0.15) is 13.8 Å². The van der Waals surface area contributed by atoms with Gasteiger partial charge in [-0.25, -0.2) is 18.4 Å². The Bertz CT molecular complexity index is 521. The highest BCUT2D eigenvalue weighted by molar-refractivity contribution is 7.89. The fourth-order valence-corrected chi connectivity index (χ4v) is 3.38. The minimum atomic E-state index is -3.50. The predicted octanol–water partition coefficient (Wildman–Crippen LogP) is -0.226. The van der Waals surface area contributed by atoms with Crippen LogP contribution in [0.25, 0.3) is 0 Å². The van der Waals surface area contributed by atoms with Gasteiger partial charge in [-0.1, -0.05) is 0 Å². The summed E-state index contributed by atoms with van der Waals surface area (Å²) < 4.78 is 26.2. The average molecular weight is 285 g/mol. The lowest BCUT2D eigenvalue weighted by molar-refractivity contribution is 0.154. The largest absolute Gasteiger partial charge is 0.368 e. The molecule has 0 amide bonds. The van der Waals surface area contributed by atoms with Crippen LogP contribution in [0, 0.1) is 0 Å². The Morgan fingerprint density at radius 3 is 2.16 bits per heavy atom. The highest BCUT2D eigenvalue weighted by atomic mass is 32.2. The van der Waals surface area contributed by atoms with Crippen molar-refractivity contribution < 1.29 is 8.42 Å². The van der Waals surface area contributed by atoms with E-state index in [0.717, 1.165) is 13.1 Å². The molecule has 1 aliphatic heterocycles. The first-order chi connectivity index (χ1) is 8.91. The third-order valence-electron chi connectivity index (χ3n) is 3.29. The smallest absolute Gasteiger partial charge is 0.246 e. The van der Waals surface area contributed by atoms with Gasteiger partial charge >= 0.3 is 0 Å².